The van der Waals surface area contributed by atoms with Crippen LogP contribution in [0.4, 0.5) is 0 Å². The number of hydrogen-bond donors (Lipinski definition) is 0. The second kappa shape index (κ2) is 6.12. The van der Waals surface area contributed by atoms with Crippen LogP contribution in [-0.2, 0) is 28.6 Å². The molecule has 4 heteroatoms. The Morgan fingerprint density at radius 3 is 2.29 bits per heavy atom. The first-order valence-electron chi connectivity index (χ1n) is 1.26. The van der Waals surface area contributed by atoms with E-state index in [2.05, 4.69) is 22.7 Å². The van der Waals surface area contributed by atoms with Crippen LogP contribution >= 0.6 is 11.9 Å². The summed E-state index contributed by atoms with van der Waals surface area (Å²) in [5.74, 6) is -0.628. The molecule has 0 N–H and O–H groups in total. The van der Waals surface area contributed by atoms with E-state index in [9.17, 15) is 4.79 Å². The molecule has 0 saturated heterocycles. The smallest absolute Gasteiger partial charge is 0.344 e. The van der Waals surface area contributed by atoms with Crippen LogP contribution in [0, 0.1) is 0 Å². The van der Waals surface area contributed by atoms with Crippen LogP contribution in [-0.4, -0.2) is 5.97 Å². The number of hydrogen-bond acceptors (Lipinski definition) is 2. The minimum Gasteiger partial charge on any atom is -0.344 e. The molecular weight excluding hydrogens is 169 g/mol. The van der Waals surface area contributed by atoms with Crippen LogP contribution in [0.15, 0.2) is 12.7 Å². The molecule has 0 aromatic carbocycles. The maximum atomic E-state index is 9.71. The van der Waals surface area contributed by atoms with E-state index in [1.54, 1.807) is 0 Å². The third-order valence-corrected chi connectivity index (χ3v) is 0.395. The fraction of sp³-hybridized carbons (Fsp3) is 0. The standard InChI is InChI=1S/C3H3ClO2.Zn/c1-2-3(5)6-4;/h2H,1H2;. The quantitative estimate of drug-likeness (QED) is 0.433. The number of carbonyl (C=O) groups is 1. The molecule has 0 radical (unpaired) electrons. The van der Waals surface area contributed by atoms with E-state index in [1.165, 1.54) is 0 Å². The van der Waals surface area contributed by atoms with Crippen LogP contribution < -0.4 is 0 Å². The summed E-state index contributed by atoms with van der Waals surface area (Å²) in [6.45, 7) is 3.07. The molecule has 0 rings (SSSR count). The van der Waals surface area contributed by atoms with Gasteiger partial charge in [0.25, 0.3) is 0 Å². The molecule has 0 spiro atoms. The molecule has 0 aromatic rings. The molecule has 0 amide bonds. The minimum absolute atomic E-state index is 0. The molecule has 0 aliphatic rings. The molecule has 0 aromatic heterocycles. The second-order valence-electron chi connectivity index (χ2n) is 0.600. The first kappa shape index (κ1) is 10.2. The monoisotopic (exact) mass is 170 g/mol. The Morgan fingerprint density at radius 2 is 2.29 bits per heavy atom. The fourth-order valence-electron chi connectivity index (χ4n) is 0.0315. The number of halogens is 1. The summed E-state index contributed by atoms with van der Waals surface area (Å²) in [5, 5.41) is 0. The van der Waals surface area contributed by atoms with Crippen molar-refractivity contribution in [2.45, 2.75) is 0 Å². The Kier molecular flexibility index (Phi) is 8.90. The number of rotatable bonds is 1. The van der Waals surface area contributed by atoms with Gasteiger partial charge in [0.15, 0.2) is 0 Å². The summed E-state index contributed by atoms with van der Waals surface area (Å²) in [4.78, 5) is 9.71. The molecule has 0 aliphatic carbocycles. The van der Waals surface area contributed by atoms with E-state index in [-0.39, 0.29) is 19.5 Å². The summed E-state index contributed by atoms with van der Waals surface area (Å²) in [7, 11) is 0. The Bertz CT molecular complexity index is 73.3. The Balaban J connectivity index is 0. The van der Waals surface area contributed by atoms with Crippen LogP contribution in [0.25, 0.3) is 0 Å². The average molecular weight is 172 g/mol. The van der Waals surface area contributed by atoms with Gasteiger partial charge in [0.2, 0.25) is 0 Å². The zero-order chi connectivity index (χ0) is 4.99. The van der Waals surface area contributed by atoms with Gasteiger partial charge >= 0.3 is 5.97 Å². The van der Waals surface area contributed by atoms with Crippen molar-refractivity contribution in [1.29, 1.82) is 0 Å². The van der Waals surface area contributed by atoms with Gasteiger partial charge < -0.3 is 4.29 Å². The van der Waals surface area contributed by atoms with Crippen molar-refractivity contribution >= 4 is 17.8 Å². The summed E-state index contributed by atoms with van der Waals surface area (Å²) in [6.07, 6.45) is 0.979. The van der Waals surface area contributed by atoms with E-state index >= 15 is 0 Å². The molecule has 2 nitrogen and oxygen atoms in total. The normalized spacial score (nSPS) is 5.86. The molecule has 0 aliphatic heterocycles. The zero-order valence-electron chi connectivity index (χ0n) is 3.69. The summed E-state index contributed by atoms with van der Waals surface area (Å²) < 4.78 is 3.61. The molecule has 0 bridgehead atoms. The maximum absolute atomic E-state index is 9.71. The Labute approximate surface area is 59.4 Å². The summed E-state index contributed by atoms with van der Waals surface area (Å²) in [5.41, 5.74) is 0. The molecule has 0 atom stereocenters. The third kappa shape index (κ3) is 6.12. The fourth-order valence-corrected chi connectivity index (χ4v) is 0.0945. The van der Waals surface area contributed by atoms with Gasteiger partial charge in [0.05, 0.1) is 0 Å². The Morgan fingerprint density at radius 1 is 1.86 bits per heavy atom. The van der Waals surface area contributed by atoms with Gasteiger partial charge in [-0.3, -0.25) is 0 Å². The van der Waals surface area contributed by atoms with Crippen molar-refractivity contribution in [3.8, 4) is 0 Å². The van der Waals surface area contributed by atoms with Crippen molar-refractivity contribution in [2.24, 2.45) is 0 Å². The van der Waals surface area contributed by atoms with E-state index < -0.39 is 5.97 Å². The molecule has 36 valence electrons. The summed E-state index contributed by atoms with van der Waals surface area (Å²) in [6, 6.07) is 0. The van der Waals surface area contributed by atoms with Gasteiger partial charge in [-0.05, 0) is 0 Å². The largest absolute Gasteiger partial charge is 0.348 e. The van der Waals surface area contributed by atoms with Crippen molar-refractivity contribution in [3.63, 3.8) is 0 Å². The maximum Gasteiger partial charge on any atom is 0.348 e. The van der Waals surface area contributed by atoms with Crippen LogP contribution in [0.3, 0.4) is 0 Å². The number of carbonyl (C=O) groups excluding carboxylic acids is 1. The summed E-state index contributed by atoms with van der Waals surface area (Å²) >= 11 is 4.53. The molecule has 0 saturated carbocycles. The molecule has 7 heavy (non-hydrogen) atoms. The van der Waals surface area contributed by atoms with Gasteiger partial charge in [-0.25, -0.2) is 4.79 Å². The topological polar surface area (TPSA) is 26.3 Å². The van der Waals surface area contributed by atoms with E-state index in [4.69, 9.17) is 0 Å². The van der Waals surface area contributed by atoms with Crippen LogP contribution in [0.5, 0.6) is 0 Å². The van der Waals surface area contributed by atoms with Gasteiger partial charge in [0.1, 0.15) is 11.9 Å². The van der Waals surface area contributed by atoms with E-state index in [0.717, 1.165) is 6.08 Å². The molecule has 0 heterocycles. The zero-order valence-corrected chi connectivity index (χ0v) is 7.41. The van der Waals surface area contributed by atoms with Crippen LogP contribution in [0.2, 0.25) is 0 Å². The Hall–Kier alpha value is 0.123. The predicted octanol–water partition coefficient (Wildman–Crippen LogP) is 0.867. The van der Waals surface area contributed by atoms with Crippen molar-refractivity contribution in [2.75, 3.05) is 0 Å². The van der Waals surface area contributed by atoms with Crippen molar-refractivity contribution in [1.82, 2.24) is 0 Å². The second-order valence-corrected chi connectivity index (χ2v) is 0.755. The van der Waals surface area contributed by atoms with Crippen LogP contribution in [0.1, 0.15) is 0 Å². The average Bonchev–Trinajstić information content (AvgIpc) is 1.65. The first-order valence-corrected chi connectivity index (χ1v) is 1.57. The van der Waals surface area contributed by atoms with Gasteiger partial charge in [-0.2, -0.15) is 0 Å². The van der Waals surface area contributed by atoms with Gasteiger partial charge in [-0.1, -0.05) is 6.58 Å². The molecule has 0 fully saturated rings. The SMILES string of the molecule is C=CC(=O)OCl.[Zn]. The van der Waals surface area contributed by atoms with E-state index in [1.807, 2.05) is 0 Å². The molecule has 0 unspecified atom stereocenters. The van der Waals surface area contributed by atoms with E-state index in [0.29, 0.717) is 0 Å². The first-order chi connectivity index (χ1) is 2.81. The van der Waals surface area contributed by atoms with Crippen molar-refractivity contribution < 1.29 is 28.6 Å². The predicted molar refractivity (Wildman–Crippen MR) is 22.1 cm³/mol. The third-order valence-electron chi connectivity index (χ3n) is 0.243. The van der Waals surface area contributed by atoms with Gasteiger partial charge in [0, 0.05) is 25.6 Å². The minimum atomic E-state index is -0.628. The van der Waals surface area contributed by atoms with Gasteiger partial charge in [-0.15, -0.1) is 0 Å². The van der Waals surface area contributed by atoms with Crippen molar-refractivity contribution in [3.05, 3.63) is 12.7 Å². The molecular formula is C3H3ClO2Zn.